The molecule has 0 aromatic carbocycles. The molecule has 2 bridgehead atoms. The van der Waals surface area contributed by atoms with Gasteiger partial charge in [-0.05, 0) is 31.6 Å². The Morgan fingerprint density at radius 3 is 2.67 bits per heavy atom. The van der Waals surface area contributed by atoms with Gasteiger partial charge in [0.2, 0.25) is 6.29 Å². The van der Waals surface area contributed by atoms with Gasteiger partial charge in [-0.2, -0.15) is 0 Å². The molecule has 9 heavy (non-hydrogen) atoms. The summed E-state index contributed by atoms with van der Waals surface area (Å²) in [6, 6.07) is 0. The minimum absolute atomic E-state index is 0.816. The minimum Gasteiger partial charge on any atom is -0.285 e. The molecule has 1 heteroatoms. The maximum atomic E-state index is 10.2. The summed E-state index contributed by atoms with van der Waals surface area (Å²) in [5, 5.41) is 0. The lowest BCUT2D eigenvalue weighted by Crippen LogP contribution is -1.94. The summed E-state index contributed by atoms with van der Waals surface area (Å²) >= 11 is 0. The lowest BCUT2D eigenvalue weighted by Gasteiger charge is -2.03. The van der Waals surface area contributed by atoms with E-state index < -0.39 is 0 Å². The molecule has 0 amide bonds. The fourth-order valence-corrected chi connectivity index (χ4v) is 1.93. The second-order valence-corrected chi connectivity index (χ2v) is 3.00. The maximum absolute atomic E-state index is 10.2. The van der Waals surface area contributed by atoms with Gasteiger partial charge in [0, 0.05) is 5.57 Å². The van der Waals surface area contributed by atoms with Crippen molar-refractivity contribution in [2.45, 2.75) is 25.7 Å². The van der Waals surface area contributed by atoms with Crippen molar-refractivity contribution in [3.8, 4) is 0 Å². The van der Waals surface area contributed by atoms with E-state index in [4.69, 9.17) is 0 Å². The molecule has 1 nitrogen and oxygen atoms in total. The van der Waals surface area contributed by atoms with Crippen molar-refractivity contribution in [1.82, 2.24) is 0 Å². The molecule has 1 radical (unpaired) electrons. The zero-order valence-corrected chi connectivity index (χ0v) is 5.31. The molecular weight excluding hydrogens is 112 g/mol. The summed E-state index contributed by atoms with van der Waals surface area (Å²) in [5.41, 5.74) is 2.39. The predicted octanol–water partition coefficient (Wildman–Crippen LogP) is 1.60. The van der Waals surface area contributed by atoms with E-state index in [1.54, 1.807) is 0 Å². The van der Waals surface area contributed by atoms with Crippen LogP contribution in [0.2, 0.25) is 0 Å². The van der Waals surface area contributed by atoms with Crippen LogP contribution < -0.4 is 0 Å². The van der Waals surface area contributed by atoms with Crippen molar-refractivity contribution in [3.05, 3.63) is 11.1 Å². The van der Waals surface area contributed by atoms with Crippen molar-refractivity contribution in [2.75, 3.05) is 0 Å². The fraction of sp³-hybridized carbons (Fsp3) is 0.625. The maximum Gasteiger partial charge on any atom is 0.229 e. The first-order valence-electron chi connectivity index (χ1n) is 3.49. The number of carbonyl (C=O) groups excluding carboxylic acids is 1. The Bertz CT molecular complexity index is 179. The molecule has 2 rings (SSSR count). The van der Waals surface area contributed by atoms with Crippen LogP contribution >= 0.6 is 0 Å². The van der Waals surface area contributed by atoms with E-state index in [0.717, 1.165) is 17.9 Å². The second-order valence-electron chi connectivity index (χ2n) is 3.00. The molecular formula is C8H9O. The molecule has 47 valence electrons. The van der Waals surface area contributed by atoms with Gasteiger partial charge in [0.05, 0.1) is 0 Å². The number of allylic oxidation sites excluding steroid dienone is 2. The van der Waals surface area contributed by atoms with E-state index in [1.165, 1.54) is 24.8 Å². The molecule has 2 aliphatic rings. The topological polar surface area (TPSA) is 17.1 Å². The van der Waals surface area contributed by atoms with Gasteiger partial charge in [-0.1, -0.05) is 5.57 Å². The minimum atomic E-state index is 0.816. The lowest BCUT2D eigenvalue weighted by molar-refractivity contribution is 0.542. The highest BCUT2D eigenvalue weighted by Crippen LogP contribution is 2.42. The molecule has 0 spiro atoms. The van der Waals surface area contributed by atoms with Crippen LogP contribution in [0.25, 0.3) is 0 Å². The summed E-state index contributed by atoms with van der Waals surface area (Å²) in [6.07, 6.45) is 6.75. The van der Waals surface area contributed by atoms with Gasteiger partial charge in [-0.25, -0.2) is 0 Å². The molecule has 1 unspecified atom stereocenters. The normalized spacial score (nSPS) is 31.8. The van der Waals surface area contributed by atoms with E-state index in [9.17, 15) is 4.79 Å². The van der Waals surface area contributed by atoms with Gasteiger partial charge in [0.1, 0.15) is 0 Å². The van der Waals surface area contributed by atoms with E-state index in [0.29, 0.717) is 0 Å². The predicted molar refractivity (Wildman–Crippen MR) is 34.7 cm³/mol. The Balaban J connectivity index is 2.32. The second kappa shape index (κ2) is 1.69. The van der Waals surface area contributed by atoms with E-state index >= 15 is 0 Å². The number of fused-ring (bicyclic) bond motifs is 2. The monoisotopic (exact) mass is 121 g/mol. The molecule has 1 saturated carbocycles. The molecule has 1 fully saturated rings. The molecule has 0 aromatic rings. The molecule has 2 aliphatic carbocycles. The van der Waals surface area contributed by atoms with E-state index in [-0.39, 0.29) is 0 Å². The smallest absolute Gasteiger partial charge is 0.229 e. The number of hydrogen-bond acceptors (Lipinski definition) is 1. The average molecular weight is 121 g/mol. The molecule has 0 aliphatic heterocycles. The summed E-state index contributed by atoms with van der Waals surface area (Å²) in [6.45, 7) is 0. The first kappa shape index (κ1) is 5.21. The standard InChI is InChI=1S/C8H9O/c9-5-8-4-6-1-2-7(8)3-6/h6H,1-4H2. The van der Waals surface area contributed by atoms with Crippen LogP contribution in [-0.2, 0) is 4.79 Å². The quantitative estimate of drug-likeness (QED) is 0.515. The number of rotatable bonds is 1. The zero-order valence-electron chi connectivity index (χ0n) is 5.31. The van der Waals surface area contributed by atoms with Crippen molar-refractivity contribution in [1.29, 1.82) is 0 Å². The highest BCUT2D eigenvalue weighted by molar-refractivity contribution is 5.76. The summed E-state index contributed by atoms with van der Waals surface area (Å²) < 4.78 is 0. The Kier molecular flexibility index (Phi) is 0.981. The van der Waals surface area contributed by atoms with Gasteiger partial charge in [0.25, 0.3) is 0 Å². The fourth-order valence-electron chi connectivity index (χ4n) is 1.93. The van der Waals surface area contributed by atoms with Crippen molar-refractivity contribution in [2.24, 2.45) is 5.92 Å². The van der Waals surface area contributed by atoms with Gasteiger partial charge < -0.3 is 0 Å². The Hall–Kier alpha value is -0.590. The largest absolute Gasteiger partial charge is 0.285 e. The Morgan fingerprint density at radius 2 is 2.33 bits per heavy atom. The van der Waals surface area contributed by atoms with Gasteiger partial charge in [-0.15, -0.1) is 0 Å². The highest BCUT2D eigenvalue weighted by Gasteiger charge is 2.29. The zero-order chi connectivity index (χ0) is 6.27. The number of hydrogen-bond donors (Lipinski definition) is 0. The summed E-state index contributed by atoms with van der Waals surface area (Å²) in [7, 11) is 0. The summed E-state index contributed by atoms with van der Waals surface area (Å²) in [4.78, 5) is 10.2. The molecule has 0 N–H and O–H groups in total. The van der Waals surface area contributed by atoms with Crippen LogP contribution in [0.15, 0.2) is 11.1 Å². The van der Waals surface area contributed by atoms with Crippen LogP contribution in [0.3, 0.4) is 0 Å². The van der Waals surface area contributed by atoms with E-state index in [2.05, 4.69) is 0 Å². The van der Waals surface area contributed by atoms with Crippen LogP contribution in [-0.4, -0.2) is 6.29 Å². The van der Waals surface area contributed by atoms with Gasteiger partial charge in [0.15, 0.2) is 0 Å². The van der Waals surface area contributed by atoms with E-state index in [1.807, 2.05) is 6.29 Å². The van der Waals surface area contributed by atoms with Crippen LogP contribution in [0.5, 0.6) is 0 Å². The highest BCUT2D eigenvalue weighted by atomic mass is 16.1. The third-order valence-corrected chi connectivity index (χ3v) is 2.43. The lowest BCUT2D eigenvalue weighted by atomic mass is 10.0. The SMILES string of the molecule is O=[C]C1=C2CCC(C1)C2. The van der Waals surface area contributed by atoms with Gasteiger partial charge >= 0.3 is 0 Å². The summed E-state index contributed by atoms with van der Waals surface area (Å²) in [5.74, 6) is 0.816. The molecule has 0 aromatic heterocycles. The van der Waals surface area contributed by atoms with Crippen LogP contribution in [0, 0.1) is 5.92 Å². The average Bonchev–Trinajstić information content (AvgIpc) is 2.45. The first-order chi connectivity index (χ1) is 4.40. The molecule has 1 atom stereocenters. The first-order valence-corrected chi connectivity index (χ1v) is 3.49. The van der Waals surface area contributed by atoms with Crippen molar-refractivity contribution < 1.29 is 4.79 Å². The Morgan fingerprint density at radius 1 is 1.44 bits per heavy atom. The molecule has 0 saturated heterocycles. The van der Waals surface area contributed by atoms with Crippen molar-refractivity contribution >= 4 is 6.29 Å². The third-order valence-electron chi connectivity index (χ3n) is 2.43. The van der Waals surface area contributed by atoms with Crippen molar-refractivity contribution in [3.63, 3.8) is 0 Å². The van der Waals surface area contributed by atoms with Crippen LogP contribution in [0.1, 0.15) is 25.7 Å². The Labute approximate surface area is 54.8 Å². The van der Waals surface area contributed by atoms with Crippen LogP contribution in [0.4, 0.5) is 0 Å². The third kappa shape index (κ3) is 0.640. The van der Waals surface area contributed by atoms with Gasteiger partial charge in [-0.3, -0.25) is 4.79 Å². The molecule has 0 heterocycles.